The number of nitrogens with one attached hydrogen (secondary N) is 1. The van der Waals surface area contributed by atoms with Crippen molar-refractivity contribution in [2.75, 3.05) is 6.54 Å². The van der Waals surface area contributed by atoms with Crippen LogP contribution in [0.15, 0.2) is 54.7 Å². The standard InChI is InChI=1S/C19H21FN2/c1-2-11-21-12-16-14-22(19-10-6-4-8-17(16)19)13-15-7-3-5-9-18(15)20/h3-10,14,21H,2,11-13H2,1H3. The van der Waals surface area contributed by atoms with Gasteiger partial charge in [0.15, 0.2) is 0 Å². The second-order valence-corrected chi connectivity index (χ2v) is 5.57. The minimum absolute atomic E-state index is 0.147. The van der Waals surface area contributed by atoms with Crippen molar-refractivity contribution in [3.05, 3.63) is 71.7 Å². The van der Waals surface area contributed by atoms with Gasteiger partial charge in [-0.25, -0.2) is 4.39 Å². The molecule has 0 aliphatic carbocycles. The normalized spacial score (nSPS) is 11.2. The number of aromatic nitrogens is 1. The molecule has 114 valence electrons. The zero-order valence-electron chi connectivity index (χ0n) is 12.8. The monoisotopic (exact) mass is 296 g/mol. The van der Waals surface area contributed by atoms with Gasteiger partial charge in [0, 0.05) is 29.2 Å². The van der Waals surface area contributed by atoms with Crippen LogP contribution in [0.5, 0.6) is 0 Å². The van der Waals surface area contributed by atoms with Crippen molar-refractivity contribution in [3.8, 4) is 0 Å². The SMILES string of the molecule is CCCNCc1cn(Cc2ccccc2F)c2ccccc12. The van der Waals surface area contributed by atoms with E-state index in [1.54, 1.807) is 6.07 Å². The van der Waals surface area contributed by atoms with Crippen LogP contribution in [0.4, 0.5) is 4.39 Å². The maximum atomic E-state index is 13.9. The molecular formula is C19H21FN2. The maximum Gasteiger partial charge on any atom is 0.128 e. The maximum absolute atomic E-state index is 13.9. The highest BCUT2D eigenvalue weighted by atomic mass is 19.1. The third kappa shape index (κ3) is 3.04. The fourth-order valence-corrected chi connectivity index (χ4v) is 2.80. The van der Waals surface area contributed by atoms with Crippen LogP contribution in [0.25, 0.3) is 10.9 Å². The molecule has 0 radical (unpaired) electrons. The van der Waals surface area contributed by atoms with Gasteiger partial charge in [-0.2, -0.15) is 0 Å². The summed E-state index contributed by atoms with van der Waals surface area (Å²) >= 11 is 0. The summed E-state index contributed by atoms with van der Waals surface area (Å²) in [7, 11) is 0. The Morgan fingerprint density at radius 1 is 1.00 bits per heavy atom. The zero-order chi connectivity index (χ0) is 15.4. The molecule has 0 unspecified atom stereocenters. The van der Waals surface area contributed by atoms with Crippen molar-refractivity contribution in [2.24, 2.45) is 0 Å². The second-order valence-electron chi connectivity index (χ2n) is 5.57. The van der Waals surface area contributed by atoms with Crippen molar-refractivity contribution in [3.63, 3.8) is 0 Å². The van der Waals surface area contributed by atoms with E-state index in [4.69, 9.17) is 0 Å². The molecule has 0 atom stereocenters. The van der Waals surface area contributed by atoms with Crippen LogP contribution in [0.2, 0.25) is 0 Å². The Bertz CT molecular complexity index is 761. The highest BCUT2D eigenvalue weighted by molar-refractivity contribution is 5.84. The third-order valence-electron chi connectivity index (χ3n) is 3.91. The lowest BCUT2D eigenvalue weighted by molar-refractivity contribution is 0.601. The molecule has 2 aromatic carbocycles. The van der Waals surface area contributed by atoms with Crippen molar-refractivity contribution in [2.45, 2.75) is 26.4 Å². The van der Waals surface area contributed by atoms with Crippen LogP contribution >= 0.6 is 0 Å². The average Bonchev–Trinajstić information content (AvgIpc) is 2.88. The molecule has 0 spiro atoms. The number of nitrogens with zero attached hydrogens (tertiary/aromatic N) is 1. The van der Waals surface area contributed by atoms with E-state index in [9.17, 15) is 4.39 Å². The van der Waals surface area contributed by atoms with Gasteiger partial charge in [0.05, 0.1) is 6.54 Å². The lowest BCUT2D eigenvalue weighted by atomic mass is 10.2. The largest absolute Gasteiger partial charge is 0.343 e. The predicted molar refractivity (Wildman–Crippen MR) is 89.4 cm³/mol. The van der Waals surface area contributed by atoms with Gasteiger partial charge in [-0.3, -0.25) is 0 Å². The van der Waals surface area contributed by atoms with Gasteiger partial charge in [0.1, 0.15) is 5.82 Å². The van der Waals surface area contributed by atoms with Crippen LogP contribution in [0.3, 0.4) is 0 Å². The summed E-state index contributed by atoms with van der Waals surface area (Å²) in [6.45, 7) is 4.57. The van der Waals surface area contributed by atoms with Gasteiger partial charge in [-0.15, -0.1) is 0 Å². The number of rotatable bonds is 6. The lowest BCUT2D eigenvalue weighted by Crippen LogP contribution is -2.13. The van der Waals surface area contributed by atoms with E-state index in [1.165, 1.54) is 17.0 Å². The minimum Gasteiger partial charge on any atom is -0.343 e. The Hall–Kier alpha value is -2.13. The van der Waals surface area contributed by atoms with Crippen LogP contribution < -0.4 is 5.32 Å². The fourth-order valence-electron chi connectivity index (χ4n) is 2.80. The van der Waals surface area contributed by atoms with Gasteiger partial charge in [0.25, 0.3) is 0 Å². The van der Waals surface area contributed by atoms with Crippen molar-refractivity contribution in [1.82, 2.24) is 9.88 Å². The molecule has 0 bridgehead atoms. The van der Waals surface area contributed by atoms with E-state index >= 15 is 0 Å². The molecule has 22 heavy (non-hydrogen) atoms. The molecule has 0 fully saturated rings. The molecule has 0 saturated carbocycles. The van der Waals surface area contributed by atoms with Gasteiger partial charge in [-0.05, 0) is 30.7 Å². The Labute approximate surface area is 130 Å². The number of hydrogen-bond donors (Lipinski definition) is 1. The number of halogens is 1. The van der Waals surface area contributed by atoms with E-state index in [1.807, 2.05) is 18.2 Å². The molecule has 1 N–H and O–H groups in total. The summed E-state index contributed by atoms with van der Waals surface area (Å²) in [5, 5.41) is 4.68. The molecule has 3 aromatic rings. The summed E-state index contributed by atoms with van der Waals surface area (Å²) in [5.41, 5.74) is 3.13. The Balaban J connectivity index is 1.94. The number of hydrogen-bond acceptors (Lipinski definition) is 1. The lowest BCUT2D eigenvalue weighted by Gasteiger charge is -2.06. The molecule has 1 heterocycles. The number of fused-ring (bicyclic) bond motifs is 1. The number of benzene rings is 2. The minimum atomic E-state index is -0.147. The first-order chi connectivity index (χ1) is 10.8. The molecule has 1 aromatic heterocycles. The summed E-state index contributed by atoms with van der Waals surface area (Å²) < 4.78 is 16.0. The van der Waals surface area contributed by atoms with Gasteiger partial charge < -0.3 is 9.88 Å². The summed E-state index contributed by atoms with van der Waals surface area (Å²) in [4.78, 5) is 0. The first kappa shape index (κ1) is 14.8. The first-order valence-electron chi connectivity index (χ1n) is 7.80. The van der Waals surface area contributed by atoms with E-state index in [0.717, 1.165) is 30.6 Å². The van der Waals surface area contributed by atoms with Gasteiger partial charge >= 0.3 is 0 Å². The van der Waals surface area contributed by atoms with Crippen LogP contribution in [0.1, 0.15) is 24.5 Å². The zero-order valence-corrected chi connectivity index (χ0v) is 12.8. The van der Waals surface area contributed by atoms with Crippen molar-refractivity contribution in [1.29, 1.82) is 0 Å². The van der Waals surface area contributed by atoms with E-state index < -0.39 is 0 Å². The van der Waals surface area contributed by atoms with Gasteiger partial charge in [-0.1, -0.05) is 43.3 Å². The van der Waals surface area contributed by atoms with E-state index in [2.05, 4.69) is 41.2 Å². The number of para-hydroxylation sites is 1. The van der Waals surface area contributed by atoms with Crippen LogP contribution in [0, 0.1) is 5.82 Å². The quantitative estimate of drug-likeness (QED) is 0.670. The molecule has 3 rings (SSSR count). The average molecular weight is 296 g/mol. The van der Waals surface area contributed by atoms with Crippen LogP contribution in [-0.2, 0) is 13.1 Å². The van der Waals surface area contributed by atoms with Gasteiger partial charge in [0.2, 0.25) is 0 Å². The Kier molecular flexibility index (Phi) is 4.54. The van der Waals surface area contributed by atoms with E-state index in [0.29, 0.717) is 6.54 Å². The van der Waals surface area contributed by atoms with E-state index in [-0.39, 0.29) is 5.82 Å². The highest BCUT2D eigenvalue weighted by Crippen LogP contribution is 2.23. The summed E-state index contributed by atoms with van der Waals surface area (Å²) in [5.74, 6) is -0.147. The first-order valence-corrected chi connectivity index (χ1v) is 7.80. The molecule has 2 nitrogen and oxygen atoms in total. The highest BCUT2D eigenvalue weighted by Gasteiger charge is 2.09. The molecule has 0 aliphatic rings. The Morgan fingerprint density at radius 2 is 1.77 bits per heavy atom. The van der Waals surface area contributed by atoms with Crippen LogP contribution in [-0.4, -0.2) is 11.1 Å². The molecule has 0 amide bonds. The van der Waals surface area contributed by atoms with Crippen molar-refractivity contribution < 1.29 is 4.39 Å². The molecule has 0 aliphatic heterocycles. The summed E-state index contributed by atoms with van der Waals surface area (Å²) in [6, 6.07) is 15.3. The smallest absolute Gasteiger partial charge is 0.128 e. The fraction of sp³-hybridized carbons (Fsp3) is 0.263. The molecule has 0 saturated heterocycles. The molecular weight excluding hydrogens is 275 g/mol. The Morgan fingerprint density at radius 3 is 2.59 bits per heavy atom. The predicted octanol–water partition coefficient (Wildman–Crippen LogP) is 4.33. The second kappa shape index (κ2) is 6.75. The topological polar surface area (TPSA) is 17.0 Å². The summed E-state index contributed by atoms with van der Waals surface area (Å²) in [6.07, 6.45) is 3.26. The third-order valence-corrected chi connectivity index (χ3v) is 3.91. The molecule has 3 heteroatoms. The van der Waals surface area contributed by atoms with Crippen molar-refractivity contribution >= 4 is 10.9 Å².